The number of sulfonamides is 1. The fraction of sp³-hybridized carbons (Fsp3) is 0.375. The molecule has 0 spiro atoms. The molecule has 176 valence electrons. The smallest absolute Gasteiger partial charge is 0.338 e. The molecular formula is C24H28N2O6S. The number of rotatable bonds is 7. The van der Waals surface area contributed by atoms with Gasteiger partial charge in [0.25, 0.3) is 5.91 Å². The van der Waals surface area contributed by atoms with E-state index in [0.717, 1.165) is 25.7 Å². The molecule has 1 atom stereocenters. The van der Waals surface area contributed by atoms with Crippen molar-refractivity contribution in [3.63, 3.8) is 0 Å². The summed E-state index contributed by atoms with van der Waals surface area (Å²) in [4.78, 5) is 36.5. The quantitative estimate of drug-likeness (QED) is 0.487. The van der Waals surface area contributed by atoms with Crippen molar-refractivity contribution in [3.05, 3.63) is 59.7 Å². The van der Waals surface area contributed by atoms with E-state index in [0.29, 0.717) is 24.3 Å². The van der Waals surface area contributed by atoms with Crippen molar-refractivity contribution < 1.29 is 27.5 Å². The van der Waals surface area contributed by atoms with Gasteiger partial charge in [0.05, 0.1) is 10.5 Å². The predicted octanol–water partition coefficient (Wildman–Crippen LogP) is 3.64. The van der Waals surface area contributed by atoms with Gasteiger partial charge in [-0.05, 0) is 63.1 Å². The number of hydrogen-bond donors (Lipinski definition) is 1. The molecule has 1 aliphatic rings. The zero-order chi connectivity index (χ0) is 24.0. The monoisotopic (exact) mass is 472 g/mol. The van der Waals surface area contributed by atoms with Gasteiger partial charge in [-0.15, -0.1) is 0 Å². The summed E-state index contributed by atoms with van der Waals surface area (Å²) in [6.45, 7) is 3.85. The zero-order valence-electron chi connectivity index (χ0n) is 18.7. The first-order valence-corrected chi connectivity index (χ1v) is 12.4. The van der Waals surface area contributed by atoms with Crippen LogP contribution in [-0.2, 0) is 19.6 Å². The molecule has 0 aliphatic carbocycles. The van der Waals surface area contributed by atoms with Crippen LogP contribution in [0.1, 0.15) is 60.2 Å². The van der Waals surface area contributed by atoms with Crippen LogP contribution < -0.4 is 5.32 Å². The number of ketones is 1. The summed E-state index contributed by atoms with van der Waals surface area (Å²) < 4.78 is 32.4. The average Bonchev–Trinajstić information content (AvgIpc) is 3.09. The van der Waals surface area contributed by atoms with Crippen LogP contribution in [0.25, 0.3) is 0 Å². The fourth-order valence-electron chi connectivity index (χ4n) is 3.54. The average molecular weight is 473 g/mol. The molecule has 1 fully saturated rings. The number of hydrogen-bond acceptors (Lipinski definition) is 6. The van der Waals surface area contributed by atoms with Crippen LogP contribution in [-0.4, -0.2) is 49.6 Å². The first kappa shape index (κ1) is 24.6. The van der Waals surface area contributed by atoms with Crippen molar-refractivity contribution in [2.45, 2.75) is 50.5 Å². The zero-order valence-corrected chi connectivity index (χ0v) is 19.6. The minimum atomic E-state index is -3.62. The summed E-state index contributed by atoms with van der Waals surface area (Å²) in [5, 5.41) is 2.61. The Morgan fingerprint density at radius 2 is 1.58 bits per heavy atom. The van der Waals surface area contributed by atoms with Crippen LogP contribution in [0.5, 0.6) is 0 Å². The summed E-state index contributed by atoms with van der Waals surface area (Å²) in [7, 11) is -3.62. The van der Waals surface area contributed by atoms with E-state index in [1.165, 1.54) is 48.5 Å². The Hall–Kier alpha value is -3.04. The maximum absolute atomic E-state index is 12.9. The maximum Gasteiger partial charge on any atom is 0.338 e. The Balaban J connectivity index is 1.62. The largest absolute Gasteiger partial charge is 0.449 e. The lowest BCUT2D eigenvalue weighted by Gasteiger charge is -2.20. The summed E-state index contributed by atoms with van der Waals surface area (Å²) in [5.41, 5.74) is 1.01. The van der Waals surface area contributed by atoms with Crippen LogP contribution in [0.4, 0.5) is 5.69 Å². The lowest BCUT2D eigenvalue weighted by atomic mass is 10.1. The minimum absolute atomic E-state index is 0.122. The molecule has 0 unspecified atom stereocenters. The van der Waals surface area contributed by atoms with E-state index in [1.807, 2.05) is 0 Å². The minimum Gasteiger partial charge on any atom is -0.449 e. The van der Waals surface area contributed by atoms with Gasteiger partial charge in [-0.2, -0.15) is 4.31 Å². The summed E-state index contributed by atoms with van der Waals surface area (Å²) in [5.74, 6) is -1.43. The first-order chi connectivity index (χ1) is 15.7. The molecule has 9 heteroatoms. The molecule has 0 bridgehead atoms. The molecule has 1 saturated heterocycles. The SMILES string of the molecule is CC(=O)c1cccc(NC(=O)[C@H](C)OC(=O)c2ccc(S(=O)(=O)N3CCCCCC3)cc2)c1. The van der Waals surface area contributed by atoms with Crippen LogP contribution in [0.3, 0.4) is 0 Å². The molecule has 0 saturated carbocycles. The summed E-state index contributed by atoms with van der Waals surface area (Å²) >= 11 is 0. The van der Waals surface area contributed by atoms with Gasteiger partial charge >= 0.3 is 5.97 Å². The van der Waals surface area contributed by atoms with Gasteiger partial charge in [-0.25, -0.2) is 13.2 Å². The van der Waals surface area contributed by atoms with Gasteiger partial charge in [0.1, 0.15) is 0 Å². The van der Waals surface area contributed by atoms with E-state index in [2.05, 4.69) is 5.32 Å². The predicted molar refractivity (Wildman–Crippen MR) is 124 cm³/mol. The van der Waals surface area contributed by atoms with Crippen molar-refractivity contribution >= 4 is 33.4 Å². The van der Waals surface area contributed by atoms with E-state index in [-0.39, 0.29) is 16.2 Å². The molecule has 2 aromatic rings. The molecule has 0 radical (unpaired) electrons. The Bertz CT molecular complexity index is 1120. The van der Waals surface area contributed by atoms with Gasteiger partial charge in [-0.3, -0.25) is 9.59 Å². The van der Waals surface area contributed by atoms with Crippen molar-refractivity contribution in [1.29, 1.82) is 0 Å². The Morgan fingerprint density at radius 3 is 2.18 bits per heavy atom. The Morgan fingerprint density at radius 1 is 0.939 bits per heavy atom. The third-order valence-corrected chi connectivity index (χ3v) is 7.40. The van der Waals surface area contributed by atoms with E-state index < -0.39 is 28.0 Å². The molecule has 1 N–H and O–H groups in total. The molecular weight excluding hydrogens is 444 g/mol. The van der Waals surface area contributed by atoms with Crippen LogP contribution in [0.15, 0.2) is 53.4 Å². The number of anilines is 1. The Labute approximate surface area is 194 Å². The van der Waals surface area contributed by atoms with Crippen LogP contribution >= 0.6 is 0 Å². The lowest BCUT2D eigenvalue weighted by Crippen LogP contribution is -2.32. The van der Waals surface area contributed by atoms with Gasteiger partial charge < -0.3 is 10.1 Å². The molecule has 1 aliphatic heterocycles. The number of nitrogens with zero attached hydrogens (tertiary/aromatic N) is 1. The van der Waals surface area contributed by atoms with Gasteiger partial charge in [0, 0.05) is 24.3 Å². The highest BCUT2D eigenvalue weighted by Gasteiger charge is 2.26. The highest BCUT2D eigenvalue weighted by atomic mass is 32.2. The topological polar surface area (TPSA) is 110 Å². The molecule has 8 nitrogen and oxygen atoms in total. The highest BCUT2D eigenvalue weighted by molar-refractivity contribution is 7.89. The van der Waals surface area contributed by atoms with Gasteiger partial charge in [0.15, 0.2) is 11.9 Å². The van der Waals surface area contributed by atoms with Crippen molar-refractivity contribution in [2.75, 3.05) is 18.4 Å². The number of amides is 1. The second-order valence-electron chi connectivity index (χ2n) is 8.02. The second kappa shape index (κ2) is 10.7. The van der Waals surface area contributed by atoms with E-state index in [4.69, 9.17) is 4.74 Å². The molecule has 1 amide bonds. The first-order valence-electron chi connectivity index (χ1n) is 10.9. The number of carbonyl (C=O) groups excluding carboxylic acids is 3. The van der Waals surface area contributed by atoms with Crippen LogP contribution in [0, 0.1) is 0 Å². The number of ether oxygens (including phenoxy) is 1. The number of Topliss-reactive ketones (excluding diaryl/α,β-unsaturated/α-hetero) is 1. The van der Waals surface area contributed by atoms with Crippen LogP contribution in [0.2, 0.25) is 0 Å². The normalized spacial score (nSPS) is 15.8. The fourth-order valence-corrected chi connectivity index (χ4v) is 5.05. The van der Waals surface area contributed by atoms with Gasteiger partial charge in [-0.1, -0.05) is 25.0 Å². The molecule has 3 rings (SSSR count). The number of benzene rings is 2. The molecule has 0 aromatic heterocycles. The Kier molecular flexibility index (Phi) is 7.99. The second-order valence-corrected chi connectivity index (χ2v) is 9.95. The summed E-state index contributed by atoms with van der Waals surface area (Å²) in [6, 6.07) is 12.0. The third-order valence-electron chi connectivity index (χ3n) is 5.48. The highest BCUT2D eigenvalue weighted by Crippen LogP contribution is 2.21. The maximum atomic E-state index is 12.9. The third kappa shape index (κ3) is 6.27. The van der Waals surface area contributed by atoms with Crippen molar-refractivity contribution in [2.24, 2.45) is 0 Å². The van der Waals surface area contributed by atoms with E-state index in [9.17, 15) is 22.8 Å². The number of esters is 1. The number of carbonyl (C=O) groups is 3. The molecule has 2 aromatic carbocycles. The van der Waals surface area contributed by atoms with Gasteiger partial charge in [0.2, 0.25) is 10.0 Å². The van der Waals surface area contributed by atoms with Crippen molar-refractivity contribution in [3.8, 4) is 0 Å². The van der Waals surface area contributed by atoms with E-state index in [1.54, 1.807) is 18.2 Å². The molecule has 1 heterocycles. The van der Waals surface area contributed by atoms with E-state index >= 15 is 0 Å². The lowest BCUT2D eigenvalue weighted by molar-refractivity contribution is -0.123. The standard InChI is InChI=1S/C24H28N2O6S/c1-17(27)20-8-7-9-21(16-20)25-23(28)18(2)32-24(29)19-10-12-22(13-11-19)33(30,31)26-14-5-3-4-6-15-26/h7-13,16,18H,3-6,14-15H2,1-2H3,(H,25,28)/t18-/m0/s1. The van der Waals surface area contributed by atoms with Crippen molar-refractivity contribution in [1.82, 2.24) is 4.31 Å². The number of nitrogens with one attached hydrogen (secondary N) is 1. The summed E-state index contributed by atoms with van der Waals surface area (Å²) in [6.07, 6.45) is 2.61. The molecule has 33 heavy (non-hydrogen) atoms.